The van der Waals surface area contributed by atoms with Crippen LogP contribution in [-0.2, 0) is 17.8 Å². The van der Waals surface area contributed by atoms with Crippen molar-refractivity contribution in [1.82, 2.24) is 9.80 Å². The van der Waals surface area contributed by atoms with Crippen LogP contribution >= 0.6 is 0 Å². The van der Waals surface area contributed by atoms with Crippen molar-refractivity contribution in [3.63, 3.8) is 0 Å². The molecule has 1 aromatic carbocycles. The van der Waals surface area contributed by atoms with Gasteiger partial charge in [-0.25, -0.2) is 0 Å². The molecule has 1 amide bonds. The van der Waals surface area contributed by atoms with Gasteiger partial charge in [0.25, 0.3) is 0 Å². The Bertz CT molecular complexity index is 736. The van der Waals surface area contributed by atoms with E-state index in [-0.39, 0.29) is 5.91 Å². The van der Waals surface area contributed by atoms with E-state index in [0.29, 0.717) is 11.8 Å². The van der Waals surface area contributed by atoms with E-state index in [9.17, 15) is 4.79 Å². The highest BCUT2D eigenvalue weighted by molar-refractivity contribution is 5.91. The lowest BCUT2D eigenvalue weighted by atomic mass is 9.98. The lowest BCUT2D eigenvalue weighted by Gasteiger charge is -2.33. The highest BCUT2D eigenvalue weighted by Crippen LogP contribution is 2.24. The molecule has 0 N–H and O–H groups in total. The van der Waals surface area contributed by atoms with E-state index in [1.165, 1.54) is 11.1 Å². The van der Waals surface area contributed by atoms with Crippen molar-refractivity contribution < 1.29 is 9.21 Å². The predicted octanol–water partition coefficient (Wildman–Crippen LogP) is 2.95. The highest BCUT2D eigenvalue weighted by atomic mass is 16.3. The second-order valence-electron chi connectivity index (χ2n) is 6.56. The molecule has 2 aromatic rings. The third-order valence-corrected chi connectivity index (χ3v) is 5.08. The van der Waals surface area contributed by atoms with Crippen LogP contribution in [0, 0.1) is 0 Å². The number of likely N-dealkylation sites (tertiary alicyclic amines) is 1. The summed E-state index contributed by atoms with van der Waals surface area (Å²) in [4.78, 5) is 16.8. The summed E-state index contributed by atoms with van der Waals surface area (Å²) >= 11 is 0. The first-order chi connectivity index (χ1) is 11.8. The van der Waals surface area contributed by atoms with Crippen molar-refractivity contribution in [3.05, 3.63) is 65.6 Å². The minimum atomic E-state index is 0.0753. The van der Waals surface area contributed by atoms with Crippen LogP contribution < -0.4 is 0 Å². The van der Waals surface area contributed by atoms with Crippen molar-refractivity contribution in [1.29, 1.82) is 0 Å². The molecule has 0 bridgehead atoms. The average molecular weight is 322 g/mol. The molecule has 0 aliphatic carbocycles. The molecule has 0 spiro atoms. The van der Waals surface area contributed by atoms with Crippen LogP contribution in [0.25, 0.3) is 6.08 Å². The summed E-state index contributed by atoms with van der Waals surface area (Å²) in [5.41, 5.74) is 2.91. The number of furan rings is 1. The van der Waals surface area contributed by atoms with Crippen LogP contribution in [0.3, 0.4) is 0 Å². The van der Waals surface area contributed by atoms with Gasteiger partial charge in [-0.1, -0.05) is 24.3 Å². The fourth-order valence-electron chi connectivity index (χ4n) is 3.71. The topological polar surface area (TPSA) is 36.7 Å². The smallest absolute Gasteiger partial charge is 0.246 e. The summed E-state index contributed by atoms with van der Waals surface area (Å²) in [6.07, 6.45) is 7.14. The SMILES string of the molecule is O=C(C=Cc1ccco1)N1CCC(N2CCc3ccccc3C2)C1. The van der Waals surface area contributed by atoms with Crippen molar-refractivity contribution in [3.8, 4) is 0 Å². The molecule has 0 saturated carbocycles. The Kier molecular flexibility index (Phi) is 4.22. The molecular weight excluding hydrogens is 300 g/mol. The van der Waals surface area contributed by atoms with E-state index in [1.54, 1.807) is 18.4 Å². The second-order valence-corrected chi connectivity index (χ2v) is 6.56. The lowest BCUT2D eigenvalue weighted by molar-refractivity contribution is -0.125. The van der Waals surface area contributed by atoms with E-state index in [2.05, 4.69) is 29.2 Å². The quantitative estimate of drug-likeness (QED) is 0.815. The van der Waals surface area contributed by atoms with Gasteiger partial charge < -0.3 is 9.32 Å². The predicted molar refractivity (Wildman–Crippen MR) is 93.3 cm³/mol. The van der Waals surface area contributed by atoms with Gasteiger partial charge in [0, 0.05) is 38.3 Å². The Hall–Kier alpha value is -2.33. The molecule has 1 aromatic heterocycles. The fourth-order valence-corrected chi connectivity index (χ4v) is 3.71. The van der Waals surface area contributed by atoms with Crippen molar-refractivity contribution >= 4 is 12.0 Å². The number of carbonyl (C=O) groups is 1. The normalized spacial score (nSPS) is 21.3. The maximum Gasteiger partial charge on any atom is 0.246 e. The molecule has 1 unspecified atom stereocenters. The zero-order valence-corrected chi connectivity index (χ0v) is 13.7. The van der Waals surface area contributed by atoms with E-state index < -0.39 is 0 Å². The van der Waals surface area contributed by atoms with Gasteiger partial charge in [-0.3, -0.25) is 9.69 Å². The molecule has 1 atom stereocenters. The minimum absolute atomic E-state index is 0.0753. The first-order valence-electron chi connectivity index (χ1n) is 8.61. The molecule has 4 heteroatoms. The molecule has 4 rings (SSSR count). The van der Waals surface area contributed by atoms with Gasteiger partial charge >= 0.3 is 0 Å². The molecule has 4 nitrogen and oxygen atoms in total. The molecule has 1 saturated heterocycles. The first-order valence-corrected chi connectivity index (χ1v) is 8.61. The summed E-state index contributed by atoms with van der Waals surface area (Å²) in [7, 11) is 0. The van der Waals surface area contributed by atoms with Gasteiger partial charge in [0.15, 0.2) is 0 Å². The summed E-state index contributed by atoms with van der Waals surface area (Å²) in [6, 6.07) is 12.8. The second kappa shape index (κ2) is 6.65. The average Bonchev–Trinajstić information content (AvgIpc) is 3.31. The number of rotatable bonds is 3. The molecule has 124 valence electrons. The Morgan fingerprint density at radius 1 is 1.12 bits per heavy atom. The van der Waals surface area contributed by atoms with E-state index >= 15 is 0 Å². The Morgan fingerprint density at radius 2 is 2.00 bits per heavy atom. The zero-order chi connectivity index (χ0) is 16.4. The van der Waals surface area contributed by atoms with Crippen LogP contribution in [0.1, 0.15) is 23.3 Å². The van der Waals surface area contributed by atoms with Gasteiger partial charge in [-0.2, -0.15) is 0 Å². The highest BCUT2D eigenvalue weighted by Gasteiger charge is 2.31. The Morgan fingerprint density at radius 3 is 2.83 bits per heavy atom. The Labute approximate surface area is 142 Å². The number of amides is 1. The molecule has 2 aliphatic rings. The van der Waals surface area contributed by atoms with Gasteiger partial charge in [-0.15, -0.1) is 0 Å². The number of hydrogen-bond donors (Lipinski definition) is 0. The van der Waals surface area contributed by atoms with Crippen LogP contribution in [-0.4, -0.2) is 41.4 Å². The third kappa shape index (κ3) is 3.15. The fraction of sp³-hybridized carbons (Fsp3) is 0.350. The largest absolute Gasteiger partial charge is 0.465 e. The summed E-state index contributed by atoms with van der Waals surface area (Å²) < 4.78 is 5.23. The number of nitrogens with zero attached hydrogens (tertiary/aromatic N) is 2. The van der Waals surface area contributed by atoms with Gasteiger partial charge in [0.1, 0.15) is 5.76 Å². The minimum Gasteiger partial charge on any atom is -0.465 e. The summed E-state index contributed by atoms with van der Waals surface area (Å²) in [6.45, 7) is 3.75. The van der Waals surface area contributed by atoms with Crippen LogP contribution in [0.5, 0.6) is 0 Å². The third-order valence-electron chi connectivity index (χ3n) is 5.08. The molecule has 24 heavy (non-hydrogen) atoms. The van der Waals surface area contributed by atoms with Gasteiger partial charge in [0.2, 0.25) is 5.91 Å². The number of fused-ring (bicyclic) bond motifs is 1. The maximum absolute atomic E-state index is 12.3. The standard InChI is InChI=1S/C20H22N2O2/c23-20(8-7-19-6-3-13-24-19)22-12-10-18(15-22)21-11-9-16-4-1-2-5-17(16)14-21/h1-8,13,18H,9-12,14-15H2. The lowest BCUT2D eigenvalue weighted by Crippen LogP contribution is -2.41. The van der Waals surface area contributed by atoms with Crippen molar-refractivity contribution in [2.45, 2.75) is 25.4 Å². The van der Waals surface area contributed by atoms with E-state index in [4.69, 9.17) is 4.42 Å². The molecule has 1 fully saturated rings. The van der Waals surface area contributed by atoms with Crippen molar-refractivity contribution in [2.75, 3.05) is 19.6 Å². The van der Waals surface area contributed by atoms with Crippen LogP contribution in [0.2, 0.25) is 0 Å². The molecule has 3 heterocycles. The number of hydrogen-bond acceptors (Lipinski definition) is 3. The monoisotopic (exact) mass is 322 g/mol. The van der Waals surface area contributed by atoms with E-state index in [0.717, 1.165) is 39.0 Å². The molecular formula is C20H22N2O2. The summed E-state index contributed by atoms with van der Waals surface area (Å²) in [5, 5.41) is 0. The first kappa shape index (κ1) is 15.2. The Balaban J connectivity index is 1.36. The zero-order valence-electron chi connectivity index (χ0n) is 13.7. The molecule has 2 aliphatic heterocycles. The molecule has 0 radical (unpaired) electrons. The number of carbonyl (C=O) groups excluding carboxylic acids is 1. The maximum atomic E-state index is 12.3. The van der Waals surface area contributed by atoms with E-state index in [1.807, 2.05) is 17.0 Å². The van der Waals surface area contributed by atoms with Gasteiger partial charge in [0.05, 0.1) is 6.26 Å². The number of benzene rings is 1. The van der Waals surface area contributed by atoms with Gasteiger partial charge in [-0.05, 0) is 42.2 Å². The van der Waals surface area contributed by atoms with Crippen LogP contribution in [0.15, 0.2) is 53.2 Å². The summed E-state index contributed by atoms with van der Waals surface area (Å²) in [5.74, 6) is 0.790. The van der Waals surface area contributed by atoms with Crippen LogP contribution in [0.4, 0.5) is 0 Å². The van der Waals surface area contributed by atoms with Crippen molar-refractivity contribution in [2.24, 2.45) is 0 Å².